The van der Waals surface area contributed by atoms with Crippen LogP contribution in [0, 0.1) is 0 Å². The normalized spacial score (nSPS) is 23.2. The Hall–Kier alpha value is -0.180. The number of thiol groups is 1. The molecule has 0 saturated carbocycles. The third kappa shape index (κ3) is 2.90. The number of hydrogen-bond acceptors (Lipinski definition) is 2. The van der Waals surface area contributed by atoms with Crippen LogP contribution >= 0.6 is 12.6 Å². The molecule has 1 unspecified atom stereocenters. The number of piperidine rings is 1. The summed E-state index contributed by atoms with van der Waals surface area (Å²) in [7, 11) is 0. The van der Waals surface area contributed by atoms with Gasteiger partial charge in [0.25, 0.3) is 0 Å². The number of amides is 1. The predicted molar refractivity (Wildman–Crippen MR) is 58.1 cm³/mol. The van der Waals surface area contributed by atoms with Crippen LogP contribution in [0.5, 0.6) is 0 Å². The summed E-state index contributed by atoms with van der Waals surface area (Å²) in [4.78, 5) is 13.5. The molecule has 1 aliphatic heterocycles. The average molecular weight is 201 g/mol. The summed E-state index contributed by atoms with van der Waals surface area (Å²) < 4.78 is 0. The molecular weight excluding hydrogens is 182 g/mol. The fourth-order valence-corrected chi connectivity index (χ4v) is 2.23. The monoisotopic (exact) mass is 201 g/mol. The summed E-state index contributed by atoms with van der Waals surface area (Å²) in [6.07, 6.45) is 5.95. The van der Waals surface area contributed by atoms with E-state index in [1.165, 1.54) is 25.7 Å². The predicted octanol–water partition coefficient (Wildman–Crippen LogP) is 2.10. The standard InChI is InChI=1S/C10H19NOS/c1-2-5-9-6-3-4-7-11(9)10(12)8-13/h9,13H,2-8H2,1H3. The third-order valence-corrected chi connectivity index (χ3v) is 2.98. The molecule has 0 aromatic heterocycles. The van der Waals surface area contributed by atoms with Crippen LogP contribution in [-0.2, 0) is 4.79 Å². The lowest BCUT2D eigenvalue weighted by Crippen LogP contribution is -2.44. The van der Waals surface area contributed by atoms with E-state index in [-0.39, 0.29) is 5.91 Å². The van der Waals surface area contributed by atoms with Crippen molar-refractivity contribution in [2.45, 2.75) is 45.1 Å². The first-order valence-electron chi connectivity index (χ1n) is 5.20. The molecule has 1 heterocycles. The average Bonchev–Trinajstić information content (AvgIpc) is 2.18. The van der Waals surface area contributed by atoms with Gasteiger partial charge < -0.3 is 4.90 Å². The Morgan fingerprint density at radius 3 is 2.92 bits per heavy atom. The largest absolute Gasteiger partial charge is 0.339 e. The Kier molecular flexibility index (Phi) is 4.64. The van der Waals surface area contributed by atoms with Gasteiger partial charge in [0.15, 0.2) is 0 Å². The lowest BCUT2D eigenvalue weighted by molar-refractivity contribution is -0.132. The van der Waals surface area contributed by atoms with Gasteiger partial charge in [0.2, 0.25) is 5.91 Å². The molecule has 0 radical (unpaired) electrons. The summed E-state index contributed by atoms with van der Waals surface area (Å²) in [5.74, 6) is 0.571. The highest BCUT2D eigenvalue weighted by Crippen LogP contribution is 2.20. The van der Waals surface area contributed by atoms with Crippen LogP contribution < -0.4 is 0 Å². The molecule has 1 aliphatic rings. The SMILES string of the molecule is CCCC1CCCCN1C(=O)CS. The highest BCUT2D eigenvalue weighted by molar-refractivity contribution is 7.81. The van der Waals surface area contributed by atoms with E-state index in [1.54, 1.807) is 0 Å². The van der Waals surface area contributed by atoms with Crippen molar-refractivity contribution in [1.29, 1.82) is 0 Å². The van der Waals surface area contributed by atoms with Crippen LogP contribution in [0.15, 0.2) is 0 Å². The summed E-state index contributed by atoms with van der Waals surface area (Å²) in [5.41, 5.74) is 0. The van der Waals surface area contributed by atoms with E-state index >= 15 is 0 Å². The minimum atomic E-state index is 0.210. The van der Waals surface area contributed by atoms with Crippen molar-refractivity contribution in [3.63, 3.8) is 0 Å². The van der Waals surface area contributed by atoms with Gasteiger partial charge >= 0.3 is 0 Å². The Labute approximate surface area is 86.1 Å². The van der Waals surface area contributed by atoms with E-state index in [2.05, 4.69) is 19.6 Å². The van der Waals surface area contributed by atoms with Crippen molar-refractivity contribution in [3.05, 3.63) is 0 Å². The van der Waals surface area contributed by atoms with Gasteiger partial charge in [-0.3, -0.25) is 4.79 Å². The van der Waals surface area contributed by atoms with Crippen molar-refractivity contribution in [2.24, 2.45) is 0 Å². The van der Waals surface area contributed by atoms with Crippen molar-refractivity contribution in [1.82, 2.24) is 4.90 Å². The van der Waals surface area contributed by atoms with Crippen LogP contribution in [-0.4, -0.2) is 29.1 Å². The zero-order chi connectivity index (χ0) is 9.68. The van der Waals surface area contributed by atoms with Gasteiger partial charge in [-0.2, -0.15) is 12.6 Å². The first-order chi connectivity index (χ1) is 6.29. The number of carbonyl (C=O) groups excluding carboxylic acids is 1. The van der Waals surface area contributed by atoms with E-state index in [0.717, 1.165) is 13.0 Å². The highest BCUT2D eigenvalue weighted by atomic mass is 32.1. The molecule has 3 heteroatoms. The van der Waals surface area contributed by atoms with E-state index in [9.17, 15) is 4.79 Å². The minimum Gasteiger partial charge on any atom is -0.339 e. The smallest absolute Gasteiger partial charge is 0.232 e. The molecule has 0 aliphatic carbocycles. The van der Waals surface area contributed by atoms with E-state index < -0.39 is 0 Å². The number of carbonyl (C=O) groups is 1. The number of likely N-dealkylation sites (tertiary alicyclic amines) is 1. The fourth-order valence-electron chi connectivity index (χ4n) is 2.05. The van der Waals surface area contributed by atoms with Crippen molar-refractivity contribution in [3.8, 4) is 0 Å². The second-order valence-corrected chi connectivity index (χ2v) is 4.00. The van der Waals surface area contributed by atoms with Gasteiger partial charge in [-0.25, -0.2) is 0 Å². The van der Waals surface area contributed by atoms with Gasteiger partial charge in [0.1, 0.15) is 0 Å². The molecule has 1 fully saturated rings. The first-order valence-corrected chi connectivity index (χ1v) is 5.83. The molecule has 0 N–H and O–H groups in total. The van der Waals surface area contributed by atoms with Gasteiger partial charge in [-0.1, -0.05) is 13.3 Å². The minimum absolute atomic E-state index is 0.210. The third-order valence-electron chi connectivity index (χ3n) is 2.70. The summed E-state index contributed by atoms with van der Waals surface area (Å²) in [6.45, 7) is 3.13. The molecule has 1 atom stereocenters. The molecule has 76 valence electrons. The maximum absolute atomic E-state index is 11.5. The summed E-state index contributed by atoms with van der Waals surface area (Å²) >= 11 is 4.04. The lowest BCUT2D eigenvalue weighted by atomic mass is 9.98. The molecule has 2 nitrogen and oxygen atoms in total. The van der Waals surface area contributed by atoms with E-state index in [4.69, 9.17) is 0 Å². The van der Waals surface area contributed by atoms with E-state index in [1.807, 2.05) is 4.90 Å². The Balaban J connectivity index is 2.50. The highest BCUT2D eigenvalue weighted by Gasteiger charge is 2.24. The van der Waals surface area contributed by atoms with Gasteiger partial charge in [0, 0.05) is 12.6 Å². The second kappa shape index (κ2) is 5.53. The topological polar surface area (TPSA) is 20.3 Å². The molecule has 13 heavy (non-hydrogen) atoms. The van der Waals surface area contributed by atoms with Crippen molar-refractivity contribution < 1.29 is 4.79 Å². The van der Waals surface area contributed by atoms with E-state index in [0.29, 0.717) is 11.8 Å². The Morgan fingerprint density at radius 2 is 2.31 bits per heavy atom. The van der Waals surface area contributed by atoms with Crippen LogP contribution in [0.3, 0.4) is 0 Å². The van der Waals surface area contributed by atoms with Crippen LogP contribution in [0.4, 0.5) is 0 Å². The van der Waals surface area contributed by atoms with Crippen molar-refractivity contribution in [2.75, 3.05) is 12.3 Å². The van der Waals surface area contributed by atoms with Gasteiger partial charge in [-0.15, -0.1) is 0 Å². The zero-order valence-corrected chi connectivity index (χ0v) is 9.22. The molecule has 0 spiro atoms. The molecule has 0 aromatic carbocycles. The maximum atomic E-state index is 11.5. The second-order valence-electron chi connectivity index (χ2n) is 3.68. The molecule has 0 bridgehead atoms. The molecular formula is C10H19NOS. The quantitative estimate of drug-likeness (QED) is 0.693. The lowest BCUT2D eigenvalue weighted by Gasteiger charge is -2.35. The number of nitrogens with zero attached hydrogens (tertiary/aromatic N) is 1. The van der Waals surface area contributed by atoms with Crippen LogP contribution in [0.2, 0.25) is 0 Å². The molecule has 1 saturated heterocycles. The van der Waals surface area contributed by atoms with Crippen LogP contribution in [0.1, 0.15) is 39.0 Å². The zero-order valence-electron chi connectivity index (χ0n) is 8.33. The number of hydrogen-bond donors (Lipinski definition) is 1. The van der Waals surface area contributed by atoms with Crippen molar-refractivity contribution >= 4 is 18.5 Å². The Morgan fingerprint density at radius 1 is 1.54 bits per heavy atom. The Bertz CT molecular complexity index is 170. The van der Waals surface area contributed by atoms with Gasteiger partial charge in [0.05, 0.1) is 5.75 Å². The molecule has 1 amide bonds. The molecule has 0 aromatic rings. The molecule has 1 rings (SSSR count). The first kappa shape index (κ1) is 10.9. The number of rotatable bonds is 3. The maximum Gasteiger partial charge on any atom is 0.232 e. The summed E-state index contributed by atoms with van der Waals surface area (Å²) in [5, 5.41) is 0. The fraction of sp³-hybridized carbons (Fsp3) is 0.900. The van der Waals surface area contributed by atoms with Gasteiger partial charge in [-0.05, 0) is 25.7 Å². The summed E-state index contributed by atoms with van der Waals surface area (Å²) in [6, 6.07) is 0.499. The van der Waals surface area contributed by atoms with Crippen LogP contribution in [0.25, 0.3) is 0 Å².